The molecule has 3 aromatic rings. The Hall–Kier alpha value is -2.94. The first-order chi connectivity index (χ1) is 11.6. The van der Waals surface area contributed by atoms with Crippen LogP contribution in [0.3, 0.4) is 0 Å². The van der Waals surface area contributed by atoms with Crippen molar-refractivity contribution in [3.63, 3.8) is 0 Å². The van der Waals surface area contributed by atoms with Gasteiger partial charge in [-0.25, -0.2) is 13.8 Å². The number of carbonyl (C=O) groups is 1. The van der Waals surface area contributed by atoms with Crippen molar-refractivity contribution >= 4 is 32.6 Å². The van der Waals surface area contributed by atoms with Gasteiger partial charge < -0.3 is 9.47 Å². The van der Waals surface area contributed by atoms with Crippen molar-refractivity contribution in [1.82, 2.24) is 10.4 Å². The first-order valence-electron chi connectivity index (χ1n) is 6.82. The number of hydrogen-bond donors (Lipinski definition) is 2. The Morgan fingerprint density at radius 1 is 1.17 bits per heavy atom. The molecule has 0 bridgehead atoms. The van der Waals surface area contributed by atoms with Gasteiger partial charge in [-0.1, -0.05) is 17.4 Å². The molecule has 1 aliphatic heterocycles. The fourth-order valence-electron chi connectivity index (χ4n) is 2.26. The van der Waals surface area contributed by atoms with E-state index in [4.69, 9.17) is 9.47 Å². The molecule has 2 heterocycles. The lowest BCUT2D eigenvalue weighted by molar-refractivity contribution is 0.0954. The highest BCUT2D eigenvalue weighted by Gasteiger charge is 2.19. The van der Waals surface area contributed by atoms with Crippen LogP contribution in [0.15, 0.2) is 30.3 Å². The number of hydrogen-bond acceptors (Lipinski definition) is 6. The second-order valence-corrected chi connectivity index (χ2v) is 5.90. The maximum absolute atomic E-state index is 13.6. The number of nitrogens with one attached hydrogen (secondary N) is 2. The second-order valence-electron chi connectivity index (χ2n) is 4.87. The molecule has 0 saturated heterocycles. The number of rotatable bonds is 3. The number of thiazole rings is 1. The average molecular weight is 349 g/mol. The molecule has 4 rings (SSSR count). The highest BCUT2D eigenvalue weighted by molar-refractivity contribution is 7.22. The van der Waals surface area contributed by atoms with Crippen LogP contribution in [0, 0.1) is 11.6 Å². The highest BCUT2D eigenvalue weighted by Crippen LogP contribution is 2.38. The molecule has 0 atom stereocenters. The van der Waals surface area contributed by atoms with Crippen LogP contribution in [-0.2, 0) is 0 Å². The summed E-state index contributed by atoms with van der Waals surface area (Å²) in [6.45, 7) is 0.169. The SMILES string of the molecule is O=C(NNc1nc2cc3c(cc2s1)OCO3)c1c(F)cccc1F. The van der Waals surface area contributed by atoms with Gasteiger partial charge >= 0.3 is 0 Å². The number of fused-ring (bicyclic) bond motifs is 2. The van der Waals surface area contributed by atoms with Crippen molar-refractivity contribution < 1.29 is 23.0 Å². The topological polar surface area (TPSA) is 72.5 Å². The van der Waals surface area contributed by atoms with Gasteiger partial charge in [-0.2, -0.15) is 0 Å². The van der Waals surface area contributed by atoms with Crippen LogP contribution in [0.2, 0.25) is 0 Å². The maximum atomic E-state index is 13.6. The molecule has 0 saturated carbocycles. The van der Waals surface area contributed by atoms with Gasteiger partial charge in [0.25, 0.3) is 5.91 Å². The summed E-state index contributed by atoms with van der Waals surface area (Å²) in [5, 5.41) is 0.360. The van der Waals surface area contributed by atoms with Gasteiger partial charge in [0.15, 0.2) is 11.5 Å². The minimum atomic E-state index is -0.940. The van der Waals surface area contributed by atoms with Crippen LogP contribution in [0.5, 0.6) is 11.5 Å². The van der Waals surface area contributed by atoms with Crippen molar-refractivity contribution in [2.75, 3.05) is 12.2 Å². The summed E-state index contributed by atoms with van der Waals surface area (Å²) in [4.78, 5) is 16.2. The van der Waals surface area contributed by atoms with E-state index in [2.05, 4.69) is 15.8 Å². The molecule has 2 N–H and O–H groups in total. The minimum absolute atomic E-state index is 0.169. The number of benzene rings is 2. The van der Waals surface area contributed by atoms with Crippen LogP contribution in [0.25, 0.3) is 10.2 Å². The van der Waals surface area contributed by atoms with E-state index in [1.54, 1.807) is 12.1 Å². The molecule has 122 valence electrons. The Morgan fingerprint density at radius 2 is 1.88 bits per heavy atom. The number of carbonyl (C=O) groups excluding carboxylic acids is 1. The van der Waals surface area contributed by atoms with Crippen molar-refractivity contribution in [2.24, 2.45) is 0 Å². The first kappa shape index (κ1) is 14.6. The molecule has 24 heavy (non-hydrogen) atoms. The van der Waals surface area contributed by atoms with Crippen LogP contribution in [0.1, 0.15) is 10.4 Å². The number of nitrogens with zero attached hydrogens (tertiary/aromatic N) is 1. The molecular weight excluding hydrogens is 340 g/mol. The van der Waals surface area contributed by atoms with E-state index in [1.807, 2.05) is 0 Å². The number of aromatic nitrogens is 1. The Morgan fingerprint density at radius 3 is 2.62 bits per heavy atom. The molecule has 0 radical (unpaired) electrons. The summed E-state index contributed by atoms with van der Waals surface area (Å²) in [6.07, 6.45) is 0. The summed E-state index contributed by atoms with van der Waals surface area (Å²) in [5.41, 5.74) is 4.78. The third-order valence-electron chi connectivity index (χ3n) is 3.36. The number of anilines is 1. The van der Waals surface area contributed by atoms with E-state index < -0.39 is 23.1 Å². The molecule has 0 fully saturated rings. The molecule has 0 aliphatic carbocycles. The normalized spacial score (nSPS) is 12.4. The molecule has 9 heteroatoms. The molecule has 6 nitrogen and oxygen atoms in total. The fraction of sp³-hybridized carbons (Fsp3) is 0.0667. The molecule has 1 aromatic heterocycles. The summed E-state index contributed by atoms with van der Waals surface area (Å²) < 4.78 is 38.5. The van der Waals surface area contributed by atoms with Crippen molar-refractivity contribution in [1.29, 1.82) is 0 Å². The molecule has 2 aromatic carbocycles. The Bertz CT molecular complexity index is 899. The Labute approximate surface area is 138 Å². The third kappa shape index (κ3) is 2.48. The van der Waals surface area contributed by atoms with Gasteiger partial charge in [-0.3, -0.25) is 15.6 Å². The van der Waals surface area contributed by atoms with E-state index in [0.29, 0.717) is 22.1 Å². The van der Waals surface area contributed by atoms with Crippen LogP contribution in [-0.4, -0.2) is 17.7 Å². The standard InChI is InChI=1S/C15H9F2N3O3S/c16-7-2-1-3-8(17)13(7)14(21)19-20-15-18-9-4-10-11(23-6-22-10)5-12(9)24-15/h1-5H,6H2,(H,18,20)(H,19,21). The predicted molar refractivity (Wildman–Crippen MR) is 83.2 cm³/mol. The van der Waals surface area contributed by atoms with Crippen LogP contribution >= 0.6 is 11.3 Å². The zero-order chi connectivity index (χ0) is 16.7. The number of amides is 1. The predicted octanol–water partition coefficient (Wildman–Crippen LogP) is 3.06. The van der Waals surface area contributed by atoms with Crippen LogP contribution < -0.4 is 20.3 Å². The quantitative estimate of drug-likeness (QED) is 0.711. The van der Waals surface area contributed by atoms with E-state index >= 15 is 0 Å². The number of halogens is 2. The van der Waals surface area contributed by atoms with Gasteiger partial charge in [0, 0.05) is 12.1 Å². The third-order valence-corrected chi connectivity index (χ3v) is 4.29. The highest BCUT2D eigenvalue weighted by atomic mass is 32.1. The Kier molecular flexibility index (Phi) is 3.42. The van der Waals surface area contributed by atoms with Crippen molar-refractivity contribution in [3.8, 4) is 11.5 Å². The lowest BCUT2D eigenvalue weighted by Gasteiger charge is -2.06. The lowest BCUT2D eigenvalue weighted by Crippen LogP contribution is -2.30. The zero-order valence-corrected chi connectivity index (χ0v) is 12.7. The van der Waals surface area contributed by atoms with Gasteiger partial charge in [0.2, 0.25) is 11.9 Å². The summed E-state index contributed by atoms with van der Waals surface area (Å²) in [5.74, 6) is -1.60. The van der Waals surface area contributed by atoms with Gasteiger partial charge in [0.05, 0.1) is 10.2 Å². The van der Waals surface area contributed by atoms with Gasteiger partial charge in [-0.15, -0.1) is 0 Å². The Balaban J connectivity index is 1.54. The molecular formula is C15H9F2N3O3S. The summed E-state index contributed by atoms with van der Waals surface area (Å²) in [6, 6.07) is 6.71. The van der Waals surface area contributed by atoms with E-state index in [0.717, 1.165) is 16.8 Å². The first-order valence-corrected chi connectivity index (χ1v) is 7.64. The van der Waals surface area contributed by atoms with E-state index in [-0.39, 0.29) is 6.79 Å². The summed E-state index contributed by atoms with van der Waals surface area (Å²) in [7, 11) is 0. The van der Waals surface area contributed by atoms with E-state index in [1.165, 1.54) is 17.4 Å². The van der Waals surface area contributed by atoms with Crippen molar-refractivity contribution in [3.05, 3.63) is 47.5 Å². The smallest absolute Gasteiger partial charge is 0.275 e. The van der Waals surface area contributed by atoms with Gasteiger partial charge in [-0.05, 0) is 12.1 Å². The van der Waals surface area contributed by atoms with Crippen molar-refractivity contribution in [2.45, 2.75) is 0 Å². The average Bonchev–Trinajstić information content (AvgIpc) is 3.15. The number of ether oxygens (including phenoxy) is 2. The largest absolute Gasteiger partial charge is 0.454 e. The number of hydrazine groups is 1. The summed E-state index contributed by atoms with van der Waals surface area (Å²) >= 11 is 1.25. The minimum Gasteiger partial charge on any atom is -0.454 e. The molecule has 1 aliphatic rings. The zero-order valence-electron chi connectivity index (χ0n) is 11.9. The van der Waals surface area contributed by atoms with Gasteiger partial charge in [0.1, 0.15) is 17.2 Å². The molecule has 1 amide bonds. The van der Waals surface area contributed by atoms with Crippen LogP contribution in [0.4, 0.5) is 13.9 Å². The second kappa shape index (κ2) is 5.60. The molecule has 0 spiro atoms. The fourth-order valence-corrected chi connectivity index (χ4v) is 3.09. The molecule has 0 unspecified atom stereocenters. The lowest BCUT2D eigenvalue weighted by atomic mass is 10.2. The maximum Gasteiger partial charge on any atom is 0.275 e. The monoisotopic (exact) mass is 349 g/mol. The van der Waals surface area contributed by atoms with E-state index in [9.17, 15) is 13.6 Å².